The summed E-state index contributed by atoms with van der Waals surface area (Å²) in [7, 11) is -3.49. The normalized spacial score (nSPS) is 11.2. The number of primary amides is 1. The zero-order valence-corrected chi connectivity index (χ0v) is 10.7. The van der Waals surface area contributed by atoms with Crippen LogP contribution in [0.3, 0.4) is 0 Å². The van der Waals surface area contributed by atoms with Crippen molar-refractivity contribution in [2.24, 2.45) is 5.73 Å². The average molecular weight is 256 g/mol. The maximum absolute atomic E-state index is 11.8. The first-order valence-corrected chi connectivity index (χ1v) is 6.83. The minimum absolute atomic E-state index is 0.0752. The van der Waals surface area contributed by atoms with E-state index in [0.29, 0.717) is 5.69 Å². The molecule has 1 amide bonds. The molecular weight excluding hydrogens is 240 g/mol. The van der Waals surface area contributed by atoms with Crippen molar-refractivity contribution in [2.75, 3.05) is 16.6 Å². The minimum Gasteiger partial charge on any atom is -0.368 e. The second-order valence-electron chi connectivity index (χ2n) is 3.71. The highest BCUT2D eigenvalue weighted by Crippen LogP contribution is 2.18. The summed E-state index contributed by atoms with van der Waals surface area (Å²) < 4.78 is 24.7. The molecule has 0 atom stereocenters. The number of nitrogens with two attached hydrogens (primary N) is 1. The zero-order chi connectivity index (χ0) is 13.1. The summed E-state index contributed by atoms with van der Waals surface area (Å²) in [5, 5.41) is 0. The Bertz CT molecular complexity index is 494. The molecule has 6 heteroatoms. The van der Waals surface area contributed by atoms with Crippen molar-refractivity contribution < 1.29 is 13.2 Å². The van der Waals surface area contributed by atoms with Crippen molar-refractivity contribution in [3.05, 3.63) is 29.8 Å². The molecular formula is C11H16N2O3S. The predicted molar refractivity (Wildman–Crippen MR) is 67.2 cm³/mol. The van der Waals surface area contributed by atoms with Crippen molar-refractivity contribution in [3.63, 3.8) is 0 Å². The molecule has 0 aromatic heterocycles. The van der Waals surface area contributed by atoms with E-state index in [1.54, 1.807) is 24.3 Å². The van der Waals surface area contributed by atoms with Gasteiger partial charge in [-0.2, -0.15) is 0 Å². The predicted octanol–water partition coefficient (Wildman–Crippen LogP) is 0.636. The molecule has 0 unspecified atom stereocenters. The van der Waals surface area contributed by atoms with E-state index in [9.17, 15) is 13.2 Å². The van der Waals surface area contributed by atoms with Gasteiger partial charge in [-0.3, -0.25) is 9.10 Å². The zero-order valence-electron chi connectivity index (χ0n) is 9.88. The van der Waals surface area contributed by atoms with E-state index in [1.807, 2.05) is 6.92 Å². The third-order valence-electron chi connectivity index (χ3n) is 2.32. The van der Waals surface area contributed by atoms with Crippen LogP contribution < -0.4 is 10.0 Å². The Morgan fingerprint density at radius 2 is 1.82 bits per heavy atom. The van der Waals surface area contributed by atoms with Gasteiger partial charge < -0.3 is 5.73 Å². The fourth-order valence-electron chi connectivity index (χ4n) is 1.36. The van der Waals surface area contributed by atoms with E-state index >= 15 is 0 Å². The summed E-state index contributed by atoms with van der Waals surface area (Å²) in [5.74, 6) is -0.753. The summed E-state index contributed by atoms with van der Waals surface area (Å²) in [6, 6.07) is 6.89. The quantitative estimate of drug-likeness (QED) is 0.839. The first kappa shape index (κ1) is 13.5. The van der Waals surface area contributed by atoms with E-state index in [4.69, 9.17) is 5.73 Å². The number of amides is 1. The Morgan fingerprint density at radius 3 is 2.24 bits per heavy atom. The molecule has 1 aromatic rings. The molecule has 1 rings (SSSR count). The van der Waals surface area contributed by atoms with E-state index in [2.05, 4.69) is 0 Å². The summed E-state index contributed by atoms with van der Waals surface area (Å²) in [6.45, 7) is 3.09. The fourth-order valence-corrected chi connectivity index (χ4v) is 2.44. The Balaban J connectivity index is 3.15. The van der Waals surface area contributed by atoms with Crippen molar-refractivity contribution in [2.45, 2.75) is 13.8 Å². The van der Waals surface area contributed by atoms with E-state index < -0.39 is 15.9 Å². The number of hydrogen-bond donors (Lipinski definition) is 1. The summed E-state index contributed by atoms with van der Waals surface area (Å²) in [6.07, 6.45) is 0. The maximum atomic E-state index is 11.8. The lowest BCUT2D eigenvalue weighted by Crippen LogP contribution is -2.39. The fraction of sp³-hybridized carbons (Fsp3) is 0.364. The summed E-state index contributed by atoms with van der Waals surface area (Å²) >= 11 is 0. The SMILES string of the molecule is CCS(=O)(=O)N(CC(N)=O)c1ccc(C)cc1. The van der Waals surface area contributed by atoms with Gasteiger partial charge in [0.2, 0.25) is 15.9 Å². The van der Waals surface area contributed by atoms with Gasteiger partial charge in [-0.05, 0) is 26.0 Å². The third kappa shape index (κ3) is 3.45. The molecule has 94 valence electrons. The van der Waals surface area contributed by atoms with Crippen LogP contribution in [0.25, 0.3) is 0 Å². The van der Waals surface area contributed by atoms with Gasteiger partial charge in [0.05, 0.1) is 11.4 Å². The molecule has 0 saturated heterocycles. The largest absolute Gasteiger partial charge is 0.368 e. The van der Waals surface area contributed by atoms with Crippen LogP contribution in [0.1, 0.15) is 12.5 Å². The topological polar surface area (TPSA) is 80.5 Å². The molecule has 0 spiro atoms. The molecule has 17 heavy (non-hydrogen) atoms. The highest BCUT2D eigenvalue weighted by molar-refractivity contribution is 7.92. The van der Waals surface area contributed by atoms with Crippen molar-refractivity contribution in [1.29, 1.82) is 0 Å². The van der Waals surface area contributed by atoms with Crippen LogP contribution in [0.5, 0.6) is 0 Å². The molecule has 1 aromatic carbocycles. The van der Waals surface area contributed by atoms with Crippen LogP contribution in [-0.4, -0.2) is 26.6 Å². The number of sulfonamides is 1. The number of carbonyl (C=O) groups is 1. The second kappa shape index (κ2) is 5.18. The summed E-state index contributed by atoms with van der Waals surface area (Å²) in [4.78, 5) is 10.9. The first-order chi connectivity index (χ1) is 7.86. The Morgan fingerprint density at radius 1 is 1.29 bits per heavy atom. The van der Waals surface area contributed by atoms with Crippen LogP contribution in [0, 0.1) is 6.92 Å². The van der Waals surface area contributed by atoms with Gasteiger partial charge in [-0.25, -0.2) is 8.42 Å². The number of benzene rings is 1. The molecule has 0 fully saturated rings. The number of rotatable bonds is 5. The molecule has 0 saturated carbocycles. The maximum Gasteiger partial charge on any atom is 0.238 e. The number of nitrogens with zero attached hydrogens (tertiary/aromatic N) is 1. The van der Waals surface area contributed by atoms with E-state index in [1.165, 1.54) is 6.92 Å². The minimum atomic E-state index is -3.49. The standard InChI is InChI=1S/C11H16N2O3S/c1-3-17(15,16)13(8-11(12)14)10-6-4-9(2)5-7-10/h4-7H,3,8H2,1-2H3,(H2,12,14). The van der Waals surface area contributed by atoms with Crippen molar-refractivity contribution in [1.82, 2.24) is 0 Å². The lowest BCUT2D eigenvalue weighted by atomic mass is 10.2. The highest BCUT2D eigenvalue weighted by atomic mass is 32.2. The van der Waals surface area contributed by atoms with Crippen LogP contribution in [0.4, 0.5) is 5.69 Å². The average Bonchev–Trinajstić information content (AvgIpc) is 2.27. The second-order valence-corrected chi connectivity index (χ2v) is 5.89. The van der Waals surface area contributed by atoms with Crippen LogP contribution in [0.2, 0.25) is 0 Å². The van der Waals surface area contributed by atoms with Gasteiger partial charge in [0.25, 0.3) is 0 Å². The van der Waals surface area contributed by atoms with Crippen LogP contribution >= 0.6 is 0 Å². The van der Waals surface area contributed by atoms with Crippen molar-refractivity contribution >= 4 is 21.6 Å². The smallest absolute Gasteiger partial charge is 0.238 e. The highest BCUT2D eigenvalue weighted by Gasteiger charge is 2.22. The molecule has 0 heterocycles. The van der Waals surface area contributed by atoms with Gasteiger partial charge in [-0.15, -0.1) is 0 Å². The van der Waals surface area contributed by atoms with Gasteiger partial charge >= 0.3 is 0 Å². The number of hydrogen-bond acceptors (Lipinski definition) is 3. The van der Waals surface area contributed by atoms with E-state index in [-0.39, 0.29) is 12.3 Å². The molecule has 2 N–H and O–H groups in total. The summed E-state index contributed by atoms with van der Waals surface area (Å²) in [5.41, 5.74) is 6.54. The van der Waals surface area contributed by atoms with Gasteiger partial charge in [0, 0.05) is 0 Å². The molecule has 0 radical (unpaired) electrons. The monoisotopic (exact) mass is 256 g/mol. The lowest BCUT2D eigenvalue weighted by Gasteiger charge is -2.22. The Kier molecular flexibility index (Phi) is 4.11. The Hall–Kier alpha value is -1.56. The van der Waals surface area contributed by atoms with Gasteiger partial charge in [0.15, 0.2) is 0 Å². The van der Waals surface area contributed by atoms with Gasteiger partial charge in [0.1, 0.15) is 6.54 Å². The number of aryl methyl sites for hydroxylation is 1. The van der Waals surface area contributed by atoms with Gasteiger partial charge in [-0.1, -0.05) is 17.7 Å². The number of carbonyl (C=O) groups excluding carboxylic acids is 1. The third-order valence-corrected chi connectivity index (χ3v) is 4.06. The Labute approximate surface area is 101 Å². The molecule has 0 aliphatic rings. The van der Waals surface area contributed by atoms with Crippen LogP contribution in [-0.2, 0) is 14.8 Å². The molecule has 0 aliphatic carbocycles. The molecule has 0 aliphatic heterocycles. The van der Waals surface area contributed by atoms with Crippen molar-refractivity contribution in [3.8, 4) is 0 Å². The van der Waals surface area contributed by atoms with E-state index in [0.717, 1.165) is 9.87 Å². The molecule has 5 nitrogen and oxygen atoms in total. The molecule has 0 bridgehead atoms. The number of anilines is 1. The lowest BCUT2D eigenvalue weighted by molar-refractivity contribution is -0.116. The first-order valence-electron chi connectivity index (χ1n) is 5.22. The van der Waals surface area contributed by atoms with Crippen LogP contribution in [0.15, 0.2) is 24.3 Å².